The number of hydrogen-bond donors (Lipinski definition) is 0. The minimum Gasteiger partial charge on any atom is -0.282 e. The minimum absolute atomic E-state index is 0.165. The number of anilines is 1. The molecule has 1 amide bonds. The van der Waals surface area contributed by atoms with Gasteiger partial charge in [-0.05, 0) is 48.7 Å². The van der Waals surface area contributed by atoms with Gasteiger partial charge in [0.15, 0.2) is 10.8 Å². The van der Waals surface area contributed by atoms with E-state index in [1.54, 1.807) is 29.3 Å². The molecule has 0 aliphatic carbocycles. The Morgan fingerprint density at radius 3 is 2.59 bits per heavy atom. The van der Waals surface area contributed by atoms with Crippen molar-refractivity contribution in [2.24, 2.45) is 0 Å². The first-order chi connectivity index (χ1) is 15.5. The first-order valence-electron chi connectivity index (χ1n) is 10.3. The van der Waals surface area contributed by atoms with E-state index in [1.807, 2.05) is 43.3 Å². The second-order valence-electron chi connectivity index (χ2n) is 7.69. The van der Waals surface area contributed by atoms with Gasteiger partial charge in [0.25, 0.3) is 5.91 Å². The monoisotopic (exact) mass is 443 g/mol. The summed E-state index contributed by atoms with van der Waals surface area (Å²) in [6.07, 6.45) is 1.64. The minimum atomic E-state index is -0.343. The Balaban J connectivity index is 1.55. The summed E-state index contributed by atoms with van der Waals surface area (Å²) < 4.78 is 3.66. The molecule has 8 heteroatoms. The van der Waals surface area contributed by atoms with E-state index in [-0.39, 0.29) is 18.1 Å². The van der Waals surface area contributed by atoms with Crippen molar-refractivity contribution in [3.05, 3.63) is 94.0 Å². The van der Waals surface area contributed by atoms with Crippen LogP contribution in [0.4, 0.5) is 5.13 Å². The molecule has 0 spiro atoms. The molecular weight excluding hydrogens is 422 g/mol. The maximum atomic E-state index is 13.5. The molecule has 0 saturated carbocycles. The van der Waals surface area contributed by atoms with Crippen LogP contribution in [0, 0.1) is 13.8 Å². The van der Waals surface area contributed by atoms with Gasteiger partial charge in [-0.15, -0.1) is 5.10 Å². The lowest BCUT2D eigenvalue weighted by Gasteiger charge is -2.19. The van der Waals surface area contributed by atoms with Gasteiger partial charge in [-0.3, -0.25) is 14.1 Å². The number of carbonyl (C=O) groups excluding carboxylic acids is 1. The molecule has 0 aliphatic heterocycles. The average molecular weight is 444 g/mol. The quantitative estimate of drug-likeness (QED) is 0.412. The van der Waals surface area contributed by atoms with Gasteiger partial charge >= 0.3 is 5.69 Å². The third-order valence-electron chi connectivity index (χ3n) is 5.56. The largest absolute Gasteiger partial charge is 0.350 e. The van der Waals surface area contributed by atoms with Gasteiger partial charge in [0.2, 0.25) is 0 Å². The van der Waals surface area contributed by atoms with Crippen LogP contribution in [0.1, 0.15) is 16.7 Å². The molecule has 0 saturated heterocycles. The fourth-order valence-electron chi connectivity index (χ4n) is 3.64. The van der Waals surface area contributed by atoms with E-state index in [0.29, 0.717) is 17.3 Å². The molecule has 3 aromatic heterocycles. The molecule has 0 atom stereocenters. The molecule has 0 N–H and O–H groups in total. The summed E-state index contributed by atoms with van der Waals surface area (Å²) in [5, 5.41) is 4.92. The Bertz CT molecular complexity index is 1500. The molecule has 0 unspecified atom stereocenters. The van der Waals surface area contributed by atoms with Crippen molar-refractivity contribution < 1.29 is 4.79 Å². The number of benzene rings is 2. The number of pyridine rings is 1. The molecule has 2 aromatic carbocycles. The van der Waals surface area contributed by atoms with Crippen molar-refractivity contribution in [1.29, 1.82) is 0 Å². The van der Waals surface area contributed by atoms with E-state index in [0.717, 1.165) is 26.9 Å². The predicted molar refractivity (Wildman–Crippen MR) is 126 cm³/mol. The fourth-order valence-corrected chi connectivity index (χ4v) is 4.68. The van der Waals surface area contributed by atoms with E-state index in [9.17, 15) is 9.59 Å². The summed E-state index contributed by atoms with van der Waals surface area (Å²) in [6.45, 7) is 4.29. The summed E-state index contributed by atoms with van der Waals surface area (Å²) >= 11 is 1.48. The van der Waals surface area contributed by atoms with E-state index in [4.69, 9.17) is 4.98 Å². The average Bonchev–Trinajstić information content (AvgIpc) is 3.37. The molecule has 5 aromatic rings. The van der Waals surface area contributed by atoms with E-state index in [1.165, 1.54) is 20.4 Å². The summed E-state index contributed by atoms with van der Waals surface area (Å²) in [4.78, 5) is 32.6. The third-order valence-corrected chi connectivity index (χ3v) is 6.61. The van der Waals surface area contributed by atoms with Crippen LogP contribution in [-0.4, -0.2) is 25.1 Å². The number of aromatic nitrogens is 4. The third kappa shape index (κ3) is 3.58. The van der Waals surface area contributed by atoms with Gasteiger partial charge in [-0.25, -0.2) is 14.5 Å². The summed E-state index contributed by atoms with van der Waals surface area (Å²) in [5.74, 6) is -0.243. The van der Waals surface area contributed by atoms with Crippen LogP contribution in [-0.2, 0) is 17.9 Å². The SMILES string of the molecule is Cc1ccc2sc(N(Cc3ccccc3)C(=O)Cn3nc4ccccn4c3=O)nc2c1C. The number of amides is 1. The highest BCUT2D eigenvalue weighted by Gasteiger charge is 2.23. The van der Waals surface area contributed by atoms with Gasteiger partial charge < -0.3 is 0 Å². The van der Waals surface area contributed by atoms with Crippen LogP contribution in [0.25, 0.3) is 15.9 Å². The van der Waals surface area contributed by atoms with Crippen molar-refractivity contribution in [3.63, 3.8) is 0 Å². The van der Waals surface area contributed by atoms with Gasteiger partial charge in [-0.2, -0.15) is 0 Å². The van der Waals surface area contributed by atoms with Crippen molar-refractivity contribution in [2.75, 3.05) is 4.90 Å². The lowest BCUT2D eigenvalue weighted by molar-refractivity contribution is -0.119. The Labute approximate surface area is 188 Å². The zero-order valence-corrected chi connectivity index (χ0v) is 18.5. The van der Waals surface area contributed by atoms with Crippen LogP contribution in [0.2, 0.25) is 0 Å². The normalized spacial score (nSPS) is 11.3. The summed E-state index contributed by atoms with van der Waals surface area (Å²) in [7, 11) is 0. The van der Waals surface area contributed by atoms with Gasteiger partial charge in [0.05, 0.1) is 16.8 Å². The lowest BCUT2D eigenvalue weighted by Crippen LogP contribution is -2.36. The molecule has 32 heavy (non-hydrogen) atoms. The number of thiazole rings is 1. The maximum absolute atomic E-state index is 13.5. The van der Waals surface area contributed by atoms with Gasteiger partial charge in [-0.1, -0.05) is 53.8 Å². The molecular formula is C24H21N5O2S. The van der Waals surface area contributed by atoms with Crippen LogP contribution in [0.3, 0.4) is 0 Å². The standard InChI is InChI=1S/C24H21N5O2S/c1-16-11-12-19-22(17(16)2)25-23(32-19)28(14-18-8-4-3-5-9-18)21(30)15-29-24(31)27-13-7-6-10-20(27)26-29/h3-13H,14-15H2,1-2H3. The van der Waals surface area contributed by atoms with Gasteiger partial charge in [0, 0.05) is 6.20 Å². The zero-order valence-electron chi connectivity index (χ0n) is 17.7. The molecule has 0 bridgehead atoms. The van der Waals surface area contributed by atoms with E-state index >= 15 is 0 Å². The molecule has 0 fully saturated rings. The summed E-state index contributed by atoms with van der Waals surface area (Å²) in [5.41, 5.74) is 4.31. The maximum Gasteiger partial charge on any atom is 0.350 e. The number of carbonyl (C=O) groups is 1. The Hall–Kier alpha value is -3.78. The second-order valence-corrected chi connectivity index (χ2v) is 8.69. The molecule has 160 valence electrons. The smallest absolute Gasteiger partial charge is 0.282 e. The van der Waals surface area contributed by atoms with Crippen molar-refractivity contribution in [3.8, 4) is 0 Å². The van der Waals surface area contributed by atoms with E-state index in [2.05, 4.69) is 18.1 Å². The number of fused-ring (bicyclic) bond motifs is 2. The Morgan fingerprint density at radius 1 is 1.03 bits per heavy atom. The first-order valence-corrected chi connectivity index (χ1v) is 11.1. The number of hydrogen-bond acceptors (Lipinski definition) is 5. The highest BCUT2D eigenvalue weighted by Crippen LogP contribution is 2.32. The van der Waals surface area contributed by atoms with Gasteiger partial charge in [0.1, 0.15) is 6.54 Å². The van der Waals surface area contributed by atoms with Crippen molar-refractivity contribution >= 4 is 38.2 Å². The molecule has 5 rings (SSSR count). The highest BCUT2D eigenvalue weighted by molar-refractivity contribution is 7.22. The van der Waals surface area contributed by atoms with Crippen LogP contribution < -0.4 is 10.6 Å². The topological polar surface area (TPSA) is 72.5 Å². The van der Waals surface area contributed by atoms with E-state index < -0.39 is 0 Å². The number of aryl methyl sites for hydroxylation is 2. The predicted octanol–water partition coefficient (Wildman–Crippen LogP) is 3.96. The fraction of sp³-hybridized carbons (Fsp3) is 0.167. The highest BCUT2D eigenvalue weighted by atomic mass is 32.1. The Morgan fingerprint density at radius 2 is 1.81 bits per heavy atom. The first kappa shape index (κ1) is 20.1. The van der Waals surface area contributed by atoms with Crippen LogP contribution in [0.5, 0.6) is 0 Å². The van der Waals surface area contributed by atoms with Crippen LogP contribution >= 0.6 is 11.3 Å². The zero-order chi connectivity index (χ0) is 22.2. The number of nitrogens with zero attached hydrogens (tertiary/aromatic N) is 5. The molecule has 7 nitrogen and oxygen atoms in total. The molecule has 0 aliphatic rings. The van der Waals surface area contributed by atoms with Crippen molar-refractivity contribution in [2.45, 2.75) is 26.9 Å². The summed E-state index contributed by atoms with van der Waals surface area (Å²) in [6, 6.07) is 19.2. The molecule has 3 heterocycles. The second kappa shape index (κ2) is 8.05. The van der Waals surface area contributed by atoms with Crippen molar-refractivity contribution in [1.82, 2.24) is 19.2 Å². The lowest BCUT2D eigenvalue weighted by atomic mass is 10.1. The molecule has 0 radical (unpaired) electrons. The Kier molecular flexibility index (Phi) is 5.07. The van der Waals surface area contributed by atoms with Crippen LogP contribution in [0.15, 0.2) is 71.7 Å². The number of rotatable bonds is 5.